The van der Waals surface area contributed by atoms with Crippen LogP contribution in [0.15, 0.2) is 0 Å². The van der Waals surface area contributed by atoms with Crippen molar-refractivity contribution in [3.63, 3.8) is 0 Å². The summed E-state index contributed by atoms with van der Waals surface area (Å²) in [5, 5.41) is 5.25. The van der Waals surface area contributed by atoms with Gasteiger partial charge in [0.15, 0.2) is 0 Å². The fourth-order valence-electron chi connectivity index (χ4n) is 1.86. The van der Waals surface area contributed by atoms with Crippen LogP contribution in [-0.4, -0.2) is 75.2 Å². The molecule has 1 fully saturated rings. The normalized spacial score (nSPS) is 19.2. The Kier molecular flexibility index (Phi) is 6.96. The third kappa shape index (κ3) is 5.54. The van der Waals surface area contributed by atoms with Crippen molar-refractivity contribution in [2.75, 3.05) is 46.5 Å². The van der Waals surface area contributed by atoms with Gasteiger partial charge in [0.2, 0.25) is 11.8 Å². The lowest BCUT2D eigenvalue weighted by molar-refractivity contribution is -0.154. The lowest BCUT2D eigenvalue weighted by atomic mass is 10.2. The molecule has 0 aromatic carbocycles. The van der Waals surface area contributed by atoms with Gasteiger partial charge in [0.25, 0.3) is 0 Å². The highest BCUT2D eigenvalue weighted by Crippen LogP contribution is 2.07. The highest BCUT2D eigenvalue weighted by atomic mass is 16.5. The first-order valence-corrected chi connectivity index (χ1v) is 6.45. The van der Waals surface area contributed by atoms with Crippen molar-refractivity contribution in [2.45, 2.75) is 13.0 Å². The number of morpholine rings is 1. The summed E-state index contributed by atoms with van der Waals surface area (Å²) >= 11 is 0. The molecule has 1 unspecified atom stereocenters. The number of ether oxygens (including phenoxy) is 2. The zero-order chi connectivity index (χ0) is 15.0. The van der Waals surface area contributed by atoms with Crippen LogP contribution in [0.1, 0.15) is 6.92 Å². The summed E-state index contributed by atoms with van der Waals surface area (Å²) in [6, 6.07) is -0.546. The van der Waals surface area contributed by atoms with Crippen LogP contribution in [0.5, 0.6) is 0 Å². The summed E-state index contributed by atoms with van der Waals surface area (Å²) in [5.74, 6) is -0.750. The maximum atomic E-state index is 11.8. The molecule has 1 saturated heterocycles. The molecule has 0 radical (unpaired) electrons. The van der Waals surface area contributed by atoms with E-state index in [0.29, 0.717) is 26.2 Å². The number of rotatable bonds is 6. The Hall–Kier alpha value is -1.67. The second-order valence-corrected chi connectivity index (χ2v) is 4.42. The minimum atomic E-state index is -0.546. The number of carbonyl (C=O) groups excluding carboxylic acids is 3. The predicted octanol–water partition coefficient (Wildman–Crippen LogP) is -1.89. The standard InChI is InChI=1S/C12H21N3O5/c1-9(16)13-3-4-14-11(17)7-15-5-6-20-8-10(15)12(18)19-2/h10H,3-8H2,1-2H3,(H,13,16)(H,14,17). The van der Waals surface area contributed by atoms with Crippen LogP contribution in [0.25, 0.3) is 0 Å². The van der Waals surface area contributed by atoms with Gasteiger partial charge in [0, 0.05) is 26.6 Å². The first kappa shape index (κ1) is 16.4. The van der Waals surface area contributed by atoms with Crippen LogP contribution in [0.4, 0.5) is 0 Å². The summed E-state index contributed by atoms with van der Waals surface area (Å²) in [6.45, 7) is 3.45. The first-order chi connectivity index (χ1) is 9.54. The molecule has 2 amide bonds. The van der Waals surface area contributed by atoms with Crippen molar-refractivity contribution < 1.29 is 23.9 Å². The van der Waals surface area contributed by atoms with E-state index in [9.17, 15) is 14.4 Å². The van der Waals surface area contributed by atoms with E-state index in [2.05, 4.69) is 15.4 Å². The first-order valence-electron chi connectivity index (χ1n) is 6.45. The van der Waals surface area contributed by atoms with Crippen molar-refractivity contribution in [2.24, 2.45) is 0 Å². The molecule has 0 bridgehead atoms. The summed E-state index contributed by atoms with van der Waals surface area (Å²) in [7, 11) is 1.31. The summed E-state index contributed by atoms with van der Waals surface area (Å²) in [4.78, 5) is 35.7. The van der Waals surface area contributed by atoms with Gasteiger partial charge in [-0.3, -0.25) is 19.3 Å². The van der Waals surface area contributed by atoms with Gasteiger partial charge in [0.1, 0.15) is 6.04 Å². The molecule has 0 saturated carbocycles. The summed E-state index contributed by atoms with van der Waals surface area (Å²) < 4.78 is 9.91. The van der Waals surface area contributed by atoms with Crippen molar-refractivity contribution in [3.8, 4) is 0 Å². The van der Waals surface area contributed by atoms with Crippen molar-refractivity contribution in [1.82, 2.24) is 15.5 Å². The number of carbonyl (C=O) groups is 3. The topological polar surface area (TPSA) is 97.0 Å². The Morgan fingerprint density at radius 2 is 2.00 bits per heavy atom. The second-order valence-electron chi connectivity index (χ2n) is 4.42. The second kappa shape index (κ2) is 8.49. The van der Waals surface area contributed by atoms with E-state index in [-0.39, 0.29) is 25.0 Å². The smallest absolute Gasteiger partial charge is 0.325 e. The van der Waals surface area contributed by atoms with Gasteiger partial charge in [-0.15, -0.1) is 0 Å². The lowest BCUT2D eigenvalue weighted by Gasteiger charge is -2.32. The molecule has 2 N–H and O–H groups in total. The van der Waals surface area contributed by atoms with Gasteiger partial charge in [0.05, 0.1) is 26.9 Å². The molecule has 8 nitrogen and oxygen atoms in total. The molecule has 1 heterocycles. The molecule has 1 aliphatic rings. The SMILES string of the molecule is COC(=O)C1COCCN1CC(=O)NCCNC(C)=O. The largest absolute Gasteiger partial charge is 0.468 e. The van der Waals surface area contributed by atoms with E-state index < -0.39 is 12.0 Å². The fourth-order valence-corrected chi connectivity index (χ4v) is 1.86. The van der Waals surface area contributed by atoms with Crippen LogP contribution in [0.2, 0.25) is 0 Å². The Morgan fingerprint density at radius 3 is 2.65 bits per heavy atom. The van der Waals surface area contributed by atoms with Crippen molar-refractivity contribution in [1.29, 1.82) is 0 Å². The zero-order valence-electron chi connectivity index (χ0n) is 11.8. The minimum Gasteiger partial charge on any atom is -0.468 e. The Labute approximate surface area is 117 Å². The predicted molar refractivity (Wildman–Crippen MR) is 69.9 cm³/mol. The quantitative estimate of drug-likeness (QED) is 0.438. The number of amides is 2. The van der Waals surface area contributed by atoms with Crippen LogP contribution >= 0.6 is 0 Å². The van der Waals surface area contributed by atoms with Crippen molar-refractivity contribution in [3.05, 3.63) is 0 Å². The van der Waals surface area contributed by atoms with Crippen molar-refractivity contribution >= 4 is 17.8 Å². The molecular weight excluding hydrogens is 266 g/mol. The maximum Gasteiger partial charge on any atom is 0.325 e. The minimum absolute atomic E-state index is 0.100. The van der Waals surface area contributed by atoms with E-state index in [1.165, 1.54) is 14.0 Å². The zero-order valence-corrected chi connectivity index (χ0v) is 11.8. The third-order valence-electron chi connectivity index (χ3n) is 2.88. The highest BCUT2D eigenvalue weighted by Gasteiger charge is 2.31. The van der Waals surface area contributed by atoms with E-state index in [1.807, 2.05) is 0 Å². The molecule has 20 heavy (non-hydrogen) atoms. The van der Waals surface area contributed by atoms with Crippen LogP contribution in [-0.2, 0) is 23.9 Å². The lowest BCUT2D eigenvalue weighted by Crippen LogP contribution is -2.53. The molecular formula is C12H21N3O5. The number of hydrogen-bond donors (Lipinski definition) is 2. The number of hydrogen-bond acceptors (Lipinski definition) is 6. The van der Waals surface area contributed by atoms with Crippen LogP contribution in [0.3, 0.4) is 0 Å². The average Bonchev–Trinajstić information content (AvgIpc) is 2.43. The van der Waals surface area contributed by atoms with E-state index in [1.54, 1.807) is 4.90 Å². The van der Waals surface area contributed by atoms with Gasteiger partial charge < -0.3 is 20.1 Å². The number of esters is 1. The average molecular weight is 287 g/mol. The number of methoxy groups -OCH3 is 1. The molecule has 0 aromatic heterocycles. The molecule has 0 aliphatic carbocycles. The summed E-state index contributed by atoms with van der Waals surface area (Å²) in [5.41, 5.74) is 0. The van der Waals surface area contributed by atoms with Gasteiger partial charge in [-0.25, -0.2) is 0 Å². The highest BCUT2D eigenvalue weighted by molar-refractivity contribution is 5.80. The van der Waals surface area contributed by atoms with Gasteiger partial charge in [-0.05, 0) is 0 Å². The molecule has 114 valence electrons. The van der Waals surface area contributed by atoms with Gasteiger partial charge in [-0.2, -0.15) is 0 Å². The third-order valence-corrected chi connectivity index (χ3v) is 2.88. The maximum absolute atomic E-state index is 11.8. The van der Waals surface area contributed by atoms with E-state index in [0.717, 1.165) is 0 Å². The molecule has 1 atom stereocenters. The Balaban J connectivity index is 2.34. The van der Waals surface area contributed by atoms with Crippen LogP contribution in [0, 0.1) is 0 Å². The Bertz CT molecular complexity index is 361. The molecule has 1 aliphatic heterocycles. The van der Waals surface area contributed by atoms with E-state index >= 15 is 0 Å². The fraction of sp³-hybridized carbons (Fsp3) is 0.750. The molecule has 0 spiro atoms. The van der Waals surface area contributed by atoms with E-state index in [4.69, 9.17) is 4.74 Å². The number of nitrogens with zero attached hydrogens (tertiary/aromatic N) is 1. The van der Waals surface area contributed by atoms with Crippen LogP contribution < -0.4 is 10.6 Å². The Morgan fingerprint density at radius 1 is 1.30 bits per heavy atom. The molecule has 1 rings (SSSR count). The molecule has 8 heteroatoms. The monoisotopic (exact) mass is 287 g/mol. The summed E-state index contributed by atoms with van der Waals surface area (Å²) in [6.07, 6.45) is 0. The molecule has 0 aromatic rings. The van der Waals surface area contributed by atoms with Gasteiger partial charge in [-0.1, -0.05) is 0 Å². The van der Waals surface area contributed by atoms with Gasteiger partial charge >= 0.3 is 5.97 Å². The number of nitrogens with one attached hydrogen (secondary N) is 2.